The van der Waals surface area contributed by atoms with E-state index in [-0.39, 0.29) is 11.9 Å². The third kappa shape index (κ3) is 0.736. The second kappa shape index (κ2) is 1.95. The molecule has 1 saturated heterocycles. The van der Waals surface area contributed by atoms with Crippen LogP contribution >= 0.6 is 0 Å². The first-order valence-corrected chi connectivity index (χ1v) is 3.64. The van der Waals surface area contributed by atoms with Gasteiger partial charge in [0.1, 0.15) is 0 Å². The Bertz CT molecular complexity index is 169. The highest BCUT2D eigenvalue weighted by molar-refractivity contribution is 5.74. The second-order valence-electron chi connectivity index (χ2n) is 3.04. The van der Waals surface area contributed by atoms with Gasteiger partial charge < -0.3 is 10.1 Å². The van der Waals surface area contributed by atoms with E-state index in [9.17, 15) is 4.79 Å². The number of carbonyl (C=O) groups excluding carboxylic acids is 1. The van der Waals surface area contributed by atoms with Gasteiger partial charge in [-0.2, -0.15) is 0 Å². The number of nitrogens with one attached hydrogen (secondary N) is 1. The average molecular weight is 141 g/mol. The van der Waals surface area contributed by atoms with Crippen molar-refractivity contribution in [2.75, 3.05) is 13.7 Å². The molecule has 0 spiro atoms. The van der Waals surface area contributed by atoms with Gasteiger partial charge in [-0.15, -0.1) is 0 Å². The van der Waals surface area contributed by atoms with Crippen molar-refractivity contribution in [3.8, 4) is 0 Å². The van der Waals surface area contributed by atoms with Crippen LogP contribution in [0.3, 0.4) is 0 Å². The largest absolute Gasteiger partial charge is 0.469 e. The highest BCUT2D eigenvalue weighted by atomic mass is 16.5. The van der Waals surface area contributed by atoms with Crippen molar-refractivity contribution in [2.24, 2.45) is 11.8 Å². The molecule has 0 aromatic rings. The molecule has 10 heavy (non-hydrogen) atoms. The number of carbonyl (C=O) groups is 1. The molecule has 0 aromatic carbocycles. The summed E-state index contributed by atoms with van der Waals surface area (Å²) < 4.78 is 4.65. The van der Waals surface area contributed by atoms with Gasteiger partial charge in [0.05, 0.1) is 13.0 Å². The van der Waals surface area contributed by atoms with Gasteiger partial charge in [-0.3, -0.25) is 4.79 Å². The van der Waals surface area contributed by atoms with E-state index in [4.69, 9.17) is 0 Å². The van der Waals surface area contributed by atoms with E-state index in [0.29, 0.717) is 12.0 Å². The third-order valence-corrected chi connectivity index (χ3v) is 2.46. The number of piperidine rings is 1. The van der Waals surface area contributed by atoms with Gasteiger partial charge in [-0.1, -0.05) is 0 Å². The Hall–Kier alpha value is -0.570. The van der Waals surface area contributed by atoms with Gasteiger partial charge >= 0.3 is 5.97 Å². The number of ether oxygens (including phenoxy) is 1. The van der Waals surface area contributed by atoms with Crippen LogP contribution in [0.25, 0.3) is 0 Å². The van der Waals surface area contributed by atoms with Crippen LogP contribution in [-0.2, 0) is 9.53 Å². The van der Waals surface area contributed by atoms with E-state index in [2.05, 4.69) is 10.1 Å². The molecular weight excluding hydrogens is 130 g/mol. The fourth-order valence-electron chi connectivity index (χ4n) is 1.73. The summed E-state index contributed by atoms with van der Waals surface area (Å²) in [6.45, 7) is 0.821. The van der Waals surface area contributed by atoms with Crippen LogP contribution in [0.5, 0.6) is 0 Å². The zero-order chi connectivity index (χ0) is 7.14. The molecule has 0 amide bonds. The lowest BCUT2D eigenvalue weighted by atomic mass is 10.1. The smallest absolute Gasteiger partial charge is 0.310 e. The molecule has 2 aliphatic rings. The van der Waals surface area contributed by atoms with Crippen molar-refractivity contribution in [3.63, 3.8) is 0 Å². The molecule has 1 aliphatic heterocycles. The van der Waals surface area contributed by atoms with Crippen molar-refractivity contribution in [1.29, 1.82) is 0 Å². The molecule has 0 radical (unpaired) electrons. The van der Waals surface area contributed by atoms with E-state index < -0.39 is 0 Å². The average Bonchev–Trinajstić information content (AvgIpc) is 2.62. The second-order valence-corrected chi connectivity index (χ2v) is 3.04. The number of hydrogen-bond donors (Lipinski definition) is 1. The van der Waals surface area contributed by atoms with Crippen LogP contribution in [0, 0.1) is 11.8 Å². The Morgan fingerprint density at radius 3 is 2.90 bits per heavy atom. The van der Waals surface area contributed by atoms with Gasteiger partial charge in [-0.25, -0.2) is 0 Å². The molecule has 56 valence electrons. The molecule has 1 aliphatic carbocycles. The molecule has 0 bridgehead atoms. The third-order valence-electron chi connectivity index (χ3n) is 2.46. The maximum Gasteiger partial charge on any atom is 0.310 e. The number of methoxy groups -OCH3 is 1. The minimum absolute atomic E-state index is 0.0440. The van der Waals surface area contributed by atoms with E-state index in [1.807, 2.05) is 0 Å². The fraction of sp³-hybridized carbons (Fsp3) is 0.857. The first-order valence-electron chi connectivity index (χ1n) is 3.64. The summed E-state index contributed by atoms with van der Waals surface area (Å²) in [6, 6.07) is 0.629. The molecule has 3 unspecified atom stereocenters. The number of rotatable bonds is 1. The predicted molar refractivity (Wildman–Crippen MR) is 35.4 cm³/mol. The number of esters is 1. The Kier molecular flexibility index (Phi) is 1.20. The van der Waals surface area contributed by atoms with Gasteiger partial charge in [-0.05, 0) is 12.3 Å². The topological polar surface area (TPSA) is 38.3 Å². The van der Waals surface area contributed by atoms with Crippen LogP contribution in [0.2, 0.25) is 0 Å². The first-order chi connectivity index (χ1) is 4.83. The molecule has 0 aromatic heterocycles. The summed E-state index contributed by atoms with van der Waals surface area (Å²) in [5.74, 6) is 0.694. The monoisotopic (exact) mass is 141 g/mol. The van der Waals surface area contributed by atoms with Crippen molar-refractivity contribution >= 4 is 5.97 Å². The zero-order valence-corrected chi connectivity index (χ0v) is 5.96. The summed E-state index contributed by atoms with van der Waals surface area (Å²) in [5, 5.41) is 3.26. The minimum Gasteiger partial charge on any atom is -0.469 e. The maximum atomic E-state index is 11.0. The summed E-state index contributed by atoms with van der Waals surface area (Å²) in [4.78, 5) is 11.0. The number of fused-ring (bicyclic) bond motifs is 1. The summed E-state index contributed by atoms with van der Waals surface area (Å²) in [7, 11) is 1.46. The van der Waals surface area contributed by atoms with Crippen LogP contribution in [0.4, 0.5) is 0 Å². The quantitative estimate of drug-likeness (QED) is 0.512. The molecule has 1 heterocycles. The van der Waals surface area contributed by atoms with Crippen molar-refractivity contribution < 1.29 is 9.53 Å². The molecule has 1 N–H and O–H groups in total. The standard InChI is InChI=1S/C7H11NO2/c1-10-7(9)5-3-8-6-2-4(5)6/h4-6,8H,2-3H2,1H3. The van der Waals surface area contributed by atoms with Crippen LogP contribution in [0.1, 0.15) is 6.42 Å². The van der Waals surface area contributed by atoms with Gasteiger partial charge in [0.2, 0.25) is 0 Å². The van der Waals surface area contributed by atoms with Gasteiger partial charge in [0, 0.05) is 12.6 Å². The summed E-state index contributed by atoms with van der Waals surface area (Å²) in [6.07, 6.45) is 1.17. The van der Waals surface area contributed by atoms with E-state index >= 15 is 0 Å². The summed E-state index contributed by atoms with van der Waals surface area (Å²) >= 11 is 0. The van der Waals surface area contributed by atoms with Crippen LogP contribution < -0.4 is 5.32 Å². The highest BCUT2D eigenvalue weighted by Crippen LogP contribution is 2.42. The van der Waals surface area contributed by atoms with Crippen LogP contribution in [-0.4, -0.2) is 25.7 Å². The SMILES string of the molecule is COC(=O)C1CNC2CC21. The molecule has 3 nitrogen and oxygen atoms in total. The molecule has 3 heteroatoms. The Labute approximate surface area is 59.7 Å². The first kappa shape index (κ1) is 6.16. The molecule has 2 rings (SSSR count). The van der Waals surface area contributed by atoms with Gasteiger partial charge in [0.25, 0.3) is 0 Å². The van der Waals surface area contributed by atoms with Crippen LogP contribution in [0.15, 0.2) is 0 Å². The molecular formula is C7H11NO2. The zero-order valence-electron chi connectivity index (χ0n) is 5.96. The van der Waals surface area contributed by atoms with E-state index in [1.54, 1.807) is 0 Å². The van der Waals surface area contributed by atoms with E-state index in [0.717, 1.165) is 6.54 Å². The molecule has 2 fully saturated rings. The molecule has 3 atom stereocenters. The lowest BCUT2D eigenvalue weighted by Crippen LogP contribution is -2.23. The fourth-order valence-corrected chi connectivity index (χ4v) is 1.73. The maximum absolute atomic E-state index is 11.0. The highest BCUT2D eigenvalue weighted by Gasteiger charge is 2.51. The Balaban J connectivity index is 1.98. The van der Waals surface area contributed by atoms with Gasteiger partial charge in [0.15, 0.2) is 0 Å². The normalized spacial score (nSPS) is 42.7. The van der Waals surface area contributed by atoms with Crippen molar-refractivity contribution in [3.05, 3.63) is 0 Å². The minimum atomic E-state index is -0.0440. The van der Waals surface area contributed by atoms with Crippen molar-refractivity contribution in [2.45, 2.75) is 12.5 Å². The molecule has 1 saturated carbocycles. The van der Waals surface area contributed by atoms with Crippen molar-refractivity contribution in [1.82, 2.24) is 5.32 Å². The summed E-state index contributed by atoms with van der Waals surface area (Å²) in [5.41, 5.74) is 0. The Morgan fingerprint density at radius 1 is 1.70 bits per heavy atom. The predicted octanol–water partition coefficient (Wildman–Crippen LogP) is -0.233. The number of hydrogen-bond acceptors (Lipinski definition) is 3. The Morgan fingerprint density at radius 2 is 2.50 bits per heavy atom. The van der Waals surface area contributed by atoms with E-state index in [1.165, 1.54) is 13.5 Å². The lowest BCUT2D eigenvalue weighted by molar-refractivity contribution is -0.145. The lowest BCUT2D eigenvalue weighted by Gasteiger charge is -2.06.